The molecule has 122 valence electrons. The zero-order chi connectivity index (χ0) is 16.3. The van der Waals surface area contributed by atoms with Gasteiger partial charge in [0.2, 0.25) is 0 Å². The molecule has 1 fully saturated rings. The molecule has 0 atom stereocenters. The first-order chi connectivity index (χ1) is 10.3. The van der Waals surface area contributed by atoms with Gasteiger partial charge >= 0.3 is 0 Å². The van der Waals surface area contributed by atoms with Gasteiger partial charge in [-0.2, -0.15) is 0 Å². The van der Waals surface area contributed by atoms with E-state index in [4.69, 9.17) is 16.3 Å². The van der Waals surface area contributed by atoms with Gasteiger partial charge in [-0.3, -0.25) is 4.79 Å². The molecular weight excluding hydrogens is 306 g/mol. The average molecular weight is 328 g/mol. The lowest BCUT2D eigenvalue weighted by Gasteiger charge is -2.38. The Balaban J connectivity index is 2.09. The Kier molecular flexibility index (Phi) is 5.26. The molecule has 1 saturated heterocycles. The molecule has 7 heteroatoms. The van der Waals surface area contributed by atoms with Crippen LogP contribution in [0.25, 0.3) is 0 Å². The highest BCUT2D eigenvalue weighted by Crippen LogP contribution is 2.25. The average Bonchev–Trinajstić information content (AvgIpc) is 2.50. The van der Waals surface area contributed by atoms with Crippen LogP contribution in [-0.4, -0.2) is 72.2 Å². The van der Waals surface area contributed by atoms with E-state index in [0.717, 1.165) is 13.1 Å². The summed E-state index contributed by atoms with van der Waals surface area (Å²) in [5.41, 5.74) is -0.574. The summed E-state index contributed by atoms with van der Waals surface area (Å²) in [6, 6.07) is 1.56. The Morgan fingerprint density at radius 3 is 2.77 bits per heavy atom. The molecular formula is C15H22ClN3O3. The van der Waals surface area contributed by atoms with Crippen LogP contribution >= 0.6 is 11.6 Å². The van der Waals surface area contributed by atoms with E-state index in [1.54, 1.807) is 13.1 Å². The first-order valence-corrected chi connectivity index (χ1v) is 7.58. The number of likely N-dealkylation sites (tertiary alicyclic amines) is 1. The van der Waals surface area contributed by atoms with E-state index < -0.39 is 5.60 Å². The van der Waals surface area contributed by atoms with Gasteiger partial charge < -0.3 is 19.6 Å². The molecule has 1 aromatic heterocycles. The largest absolute Gasteiger partial charge is 0.495 e. The number of rotatable bonds is 4. The van der Waals surface area contributed by atoms with Crippen LogP contribution in [0.2, 0.25) is 5.15 Å². The molecule has 0 unspecified atom stereocenters. The van der Waals surface area contributed by atoms with E-state index in [1.165, 1.54) is 18.2 Å². The van der Waals surface area contributed by atoms with Crippen molar-refractivity contribution in [3.63, 3.8) is 0 Å². The molecule has 0 spiro atoms. The fraction of sp³-hybridized carbons (Fsp3) is 0.600. The standard InChI is InChI=1S/C15H22ClN3O3/c1-18-6-4-15(21,5-7-18)10-19(2)14(20)12-8-11(22-3)9-17-13(12)16/h8-9,21H,4-7,10H2,1-3H3. The first kappa shape index (κ1) is 17.0. The molecule has 0 bridgehead atoms. The van der Waals surface area contributed by atoms with Gasteiger partial charge in [0, 0.05) is 26.7 Å². The Morgan fingerprint density at radius 2 is 2.18 bits per heavy atom. The van der Waals surface area contributed by atoms with E-state index >= 15 is 0 Å². The highest BCUT2D eigenvalue weighted by molar-refractivity contribution is 6.32. The number of carbonyl (C=O) groups is 1. The molecule has 0 radical (unpaired) electrons. The molecule has 1 aromatic rings. The second kappa shape index (κ2) is 6.81. The number of methoxy groups -OCH3 is 1. The first-order valence-electron chi connectivity index (χ1n) is 7.20. The van der Waals surface area contributed by atoms with Crippen molar-refractivity contribution in [3.8, 4) is 5.75 Å². The third-order valence-electron chi connectivity index (χ3n) is 4.08. The molecule has 6 nitrogen and oxygen atoms in total. The van der Waals surface area contributed by atoms with Crippen molar-refractivity contribution in [1.29, 1.82) is 0 Å². The molecule has 0 saturated carbocycles. The Labute approximate surface area is 135 Å². The smallest absolute Gasteiger partial charge is 0.256 e. The fourth-order valence-corrected chi connectivity index (χ4v) is 2.79. The lowest BCUT2D eigenvalue weighted by molar-refractivity contribution is -0.0330. The zero-order valence-electron chi connectivity index (χ0n) is 13.2. The molecule has 2 heterocycles. The minimum atomic E-state index is -0.851. The highest BCUT2D eigenvalue weighted by atomic mass is 35.5. The summed E-state index contributed by atoms with van der Waals surface area (Å²) in [6.07, 6.45) is 2.75. The maximum atomic E-state index is 12.5. The second-order valence-electron chi connectivity index (χ2n) is 5.90. The Morgan fingerprint density at radius 1 is 1.55 bits per heavy atom. The van der Waals surface area contributed by atoms with E-state index in [-0.39, 0.29) is 23.2 Å². The molecule has 0 aliphatic carbocycles. The Bertz CT molecular complexity index is 545. The lowest BCUT2D eigenvalue weighted by Crippen LogP contribution is -2.50. The van der Waals surface area contributed by atoms with Gasteiger partial charge in [-0.1, -0.05) is 11.6 Å². The summed E-state index contributed by atoms with van der Waals surface area (Å²) < 4.78 is 5.07. The summed E-state index contributed by atoms with van der Waals surface area (Å²) in [5.74, 6) is 0.197. The fourth-order valence-electron chi connectivity index (χ4n) is 2.60. The van der Waals surface area contributed by atoms with E-state index in [9.17, 15) is 9.90 Å². The van der Waals surface area contributed by atoms with Gasteiger partial charge in [-0.25, -0.2) is 4.98 Å². The maximum absolute atomic E-state index is 12.5. The van der Waals surface area contributed by atoms with Gasteiger partial charge in [-0.15, -0.1) is 0 Å². The number of aliphatic hydroxyl groups is 1. The number of ether oxygens (including phenoxy) is 1. The maximum Gasteiger partial charge on any atom is 0.256 e. The van der Waals surface area contributed by atoms with Crippen LogP contribution in [0.15, 0.2) is 12.3 Å². The normalized spacial score (nSPS) is 18.0. The molecule has 1 aliphatic heterocycles. The van der Waals surface area contributed by atoms with E-state index in [1.807, 2.05) is 7.05 Å². The lowest BCUT2D eigenvalue weighted by atomic mass is 9.91. The van der Waals surface area contributed by atoms with Crippen molar-refractivity contribution in [2.24, 2.45) is 0 Å². The Hall–Kier alpha value is -1.37. The minimum absolute atomic E-state index is 0.132. The van der Waals surface area contributed by atoms with E-state index in [0.29, 0.717) is 18.6 Å². The van der Waals surface area contributed by atoms with Gasteiger partial charge in [0.15, 0.2) is 0 Å². The summed E-state index contributed by atoms with van der Waals surface area (Å²) >= 11 is 6.01. The number of nitrogens with zero attached hydrogens (tertiary/aromatic N) is 3. The topological polar surface area (TPSA) is 65.9 Å². The van der Waals surface area contributed by atoms with Crippen molar-refractivity contribution in [3.05, 3.63) is 23.0 Å². The third kappa shape index (κ3) is 3.88. The number of amides is 1. The van der Waals surface area contributed by atoms with Crippen LogP contribution in [0.3, 0.4) is 0 Å². The number of halogens is 1. The number of carbonyl (C=O) groups excluding carboxylic acids is 1. The summed E-state index contributed by atoms with van der Waals surface area (Å²) in [7, 11) is 5.19. The number of likely N-dealkylation sites (N-methyl/N-ethyl adjacent to an activating group) is 1. The van der Waals surface area contributed by atoms with Crippen LogP contribution in [0, 0.1) is 0 Å². The van der Waals surface area contributed by atoms with Gasteiger partial charge in [0.1, 0.15) is 10.9 Å². The summed E-state index contributed by atoms with van der Waals surface area (Å²) in [6.45, 7) is 1.91. The molecule has 0 aromatic carbocycles. The molecule has 2 rings (SSSR count). The molecule has 1 N–H and O–H groups in total. The van der Waals surface area contributed by atoms with Gasteiger partial charge in [0.05, 0.1) is 24.5 Å². The van der Waals surface area contributed by atoms with Crippen molar-refractivity contribution in [2.75, 3.05) is 40.8 Å². The predicted molar refractivity (Wildman–Crippen MR) is 84.4 cm³/mol. The number of hydrogen-bond acceptors (Lipinski definition) is 5. The monoisotopic (exact) mass is 327 g/mol. The van der Waals surface area contributed by atoms with Crippen molar-refractivity contribution in [2.45, 2.75) is 18.4 Å². The van der Waals surface area contributed by atoms with Crippen LogP contribution in [0.1, 0.15) is 23.2 Å². The number of aromatic nitrogens is 1. The summed E-state index contributed by atoms with van der Waals surface area (Å²) in [4.78, 5) is 20.1. The van der Waals surface area contributed by atoms with Crippen molar-refractivity contribution in [1.82, 2.24) is 14.8 Å². The summed E-state index contributed by atoms with van der Waals surface area (Å²) in [5, 5.41) is 10.8. The minimum Gasteiger partial charge on any atom is -0.495 e. The molecule has 1 amide bonds. The SMILES string of the molecule is COc1cnc(Cl)c(C(=O)N(C)CC2(O)CCN(C)CC2)c1. The van der Waals surface area contributed by atoms with Crippen LogP contribution < -0.4 is 4.74 Å². The zero-order valence-corrected chi connectivity index (χ0v) is 13.9. The van der Waals surface area contributed by atoms with Gasteiger partial charge in [0.25, 0.3) is 5.91 Å². The van der Waals surface area contributed by atoms with Crippen LogP contribution in [-0.2, 0) is 0 Å². The quantitative estimate of drug-likeness (QED) is 0.844. The molecule has 1 aliphatic rings. The highest BCUT2D eigenvalue weighted by Gasteiger charge is 2.34. The van der Waals surface area contributed by atoms with Crippen molar-refractivity contribution < 1.29 is 14.6 Å². The van der Waals surface area contributed by atoms with Crippen molar-refractivity contribution >= 4 is 17.5 Å². The van der Waals surface area contributed by atoms with Crippen LogP contribution in [0.5, 0.6) is 5.75 Å². The van der Waals surface area contributed by atoms with Crippen LogP contribution in [0.4, 0.5) is 0 Å². The van der Waals surface area contributed by atoms with E-state index in [2.05, 4.69) is 9.88 Å². The number of pyridine rings is 1. The number of hydrogen-bond donors (Lipinski definition) is 1. The second-order valence-corrected chi connectivity index (χ2v) is 6.26. The molecule has 22 heavy (non-hydrogen) atoms. The predicted octanol–water partition coefficient (Wildman–Crippen LogP) is 1.27. The number of piperidine rings is 1. The van der Waals surface area contributed by atoms with Gasteiger partial charge in [-0.05, 0) is 26.0 Å². The third-order valence-corrected chi connectivity index (χ3v) is 4.38.